The lowest BCUT2D eigenvalue weighted by Gasteiger charge is -2.22. The number of anilines is 2. The van der Waals surface area contributed by atoms with E-state index < -0.39 is 0 Å². The van der Waals surface area contributed by atoms with Crippen LogP contribution in [0.15, 0.2) is 24.3 Å². The predicted molar refractivity (Wildman–Crippen MR) is 117 cm³/mol. The normalized spacial score (nSPS) is 15.8. The van der Waals surface area contributed by atoms with Crippen molar-refractivity contribution in [2.24, 2.45) is 5.92 Å². The molecule has 3 aromatic rings. The Kier molecular flexibility index (Phi) is 5.32. The molecule has 2 heterocycles. The van der Waals surface area contributed by atoms with Gasteiger partial charge in [0, 0.05) is 17.1 Å². The maximum absolute atomic E-state index is 13.0. The Morgan fingerprint density at radius 1 is 1.31 bits per heavy atom. The number of ether oxygens (including phenoxy) is 2. The molecule has 1 amide bonds. The molecule has 152 valence electrons. The molecule has 0 saturated heterocycles. The van der Waals surface area contributed by atoms with Crippen molar-refractivity contribution in [1.82, 2.24) is 4.98 Å². The van der Waals surface area contributed by atoms with Crippen molar-refractivity contribution >= 4 is 38.8 Å². The molecule has 7 heteroatoms. The van der Waals surface area contributed by atoms with Gasteiger partial charge in [-0.1, -0.05) is 13.3 Å². The van der Waals surface area contributed by atoms with Gasteiger partial charge in [-0.2, -0.15) is 0 Å². The zero-order valence-electron chi connectivity index (χ0n) is 16.9. The molecule has 3 N–H and O–H groups in total. The van der Waals surface area contributed by atoms with Crippen molar-refractivity contribution in [3.05, 3.63) is 40.4 Å². The molecule has 1 aliphatic rings. The fourth-order valence-electron chi connectivity index (χ4n) is 3.86. The average molecular weight is 412 g/mol. The van der Waals surface area contributed by atoms with E-state index in [4.69, 9.17) is 20.2 Å². The number of hydrogen-bond acceptors (Lipinski definition) is 6. The standard InChI is InChI=1S/C22H25N3O3S/c1-4-12-5-7-16-13(9-12)10-15-19(23)20(29-22(15)25-16)21(26)24-17-8-6-14(27-2)11-18(17)28-3/h6,8,10-12H,4-5,7,9,23H2,1-3H3,(H,24,26). The number of rotatable bonds is 5. The Morgan fingerprint density at radius 3 is 2.86 bits per heavy atom. The van der Waals surface area contributed by atoms with E-state index >= 15 is 0 Å². The summed E-state index contributed by atoms with van der Waals surface area (Å²) in [6.07, 6.45) is 4.38. The van der Waals surface area contributed by atoms with Gasteiger partial charge in [0.2, 0.25) is 0 Å². The minimum Gasteiger partial charge on any atom is -0.497 e. The smallest absolute Gasteiger partial charge is 0.268 e. The third kappa shape index (κ3) is 3.62. The highest BCUT2D eigenvalue weighted by atomic mass is 32.1. The molecule has 0 fully saturated rings. The first-order valence-corrected chi connectivity index (χ1v) is 10.6. The second-order valence-corrected chi connectivity index (χ2v) is 8.33. The van der Waals surface area contributed by atoms with E-state index in [-0.39, 0.29) is 5.91 Å². The number of thiophene rings is 1. The number of amides is 1. The molecule has 0 spiro atoms. The molecule has 0 saturated carbocycles. The summed E-state index contributed by atoms with van der Waals surface area (Å²) in [5.74, 6) is 1.61. The number of aromatic nitrogens is 1. The van der Waals surface area contributed by atoms with E-state index in [0.717, 1.165) is 28.8 Å². The molecule has 0 bridgehead atoms. The largest absolute Gasteiger partial charge is 0.497 e. The Balaban J connectivity index is 1.66. The second kappa shape index (κ2) is 7.91. The van der Waals surface area contributed by atoms with Crippen LogP contribution >= 0.6 is 11.3 Å². The summed E-state index contributed by atoms with van der Waals surface area (Å²) in [4.78, 5) is 19.1. The number of nitrogens with two attached hydrogens (primary N) is 1. The number of carbonyl (C=O) groups excluding carboxylic acids is 1. The maximum Gasteiger partial charge on any atom is 0.268 e. The predicted octanol–water partition coefficient (Wildman–Crippen LogP) is 4.66. The summed E-state index contributed by atoms with van der Waals surface area (Å²) in [7, 11) is 3.14. The summed E-state index contributed by atoms with van der Waals surface area (Å²) in [5.41, 5.74) is 9.83. The van der Waals surface area contributed by atoms with Crippen molar-refractivity contribution in [3.63, 3.8) is 0 Å². The van der Waals surface area contributed by atoms with E-state index in [1.165, 1.54) is 29.7 Å². The number of nitrogens with one attached hydrogen (secondary N) is 1. The van der Waals surface area contributed by atoms with Crippen molar-refractivity contribution in [2.75, 3.05) is 25.3 Å². The second-order valence-electron chi connectivity index (χ2n) is 7.33. The first-order chi connectivity index (χ1) is 14.0. The van der Waals surface area contributed by atoms with Crippen LogP contribution in [-0.2, 0) is 12.8 Å². The third-order valence-electron chi connectivity index (χ3n) is 5.63. The van der Waals surface area contributed by atoms with Crippen LogP contribution in [0.25, 0.3) is 10.2 Å². The molecule has 1 aliphatic carbocycles. The van der Waals surface area contributed by atoms with E-state index in [0.29, 0.717) is 33.7 Å². The SMILES string of the molecule is CCC1CCc2nc3sc(C(=O)Nc4ccc(OC)cc4OC)c(N)c3cc2C1. The first-order valence-electron chi connectivity index (χ1n) is 9.78. The zero-order chi connectivity index (χ0) is 20.5. The number of nitrogen functional groups attached to an aromatic ring is 1. The van der Waals surface area contributed by atoms with Crippen molar-refractivity contribution in [1.29, 1.82) is 0 Å². The lowest BCUT2D eigenvalue weighted by molar-refractivity contribution is 0.103. The number of pyridine rings is 1. The number of nitrogens with zero attached hydrogens (tertiary/aromatic N) is 1. The summed E-state index contributed by atoms with van der Waals surface area (Å²) in [6.45, 7) is 2.23. The number of methoxy groups -OCH3 is 2. The van der Waals surface area contributed by atoms with Crippen molar-refractivity contribution in [3.8, 4) is 11.5 Å². The molecule has 29 heavy (non-hydrogen) atoms. The van der Waals surface area contributed by atoms with Crippen LogP contribution in [0.5, 0.6) is 11.5 Å². The zero-order valence-corrected chi connectivity index (χ0v) is 17.7. The van der Waals surface area contributed by atoms with Gasteiger partial charge in [-0.3, -0.25) is 4.79 Å². The quantitative estimate of drug-likeness (QED) is 0.637. The van der Waals surface area contributed by atoms with E-state index in [1.807, 2.05) is 0 Å². The summed E-state index contributed by atoms with van der Waals surface area (Å²) >= 11 is 1.34. The Bertz CT molecular complexity index is 1080. The van der Waals surface area contributed by atoms with Gasteiger partial charge in [-0.25, -0.2) is 4.98 Å². The molecule has 0 radical (unpaired) electrons. The Morgan fingerprint density at radius 2 is 2.14 bits per heavy atom. The number of carbonyl (C=O) groups is 1. The monoisotopic (exact) mass is 411 g/mol. The van der Waals surface area contributed by atoms with Gasteiger partial charge in [-0.15, -0.1) is 11.3 Å². The van der Waals surface area contributed by atoms with Gasteiger partial charge in [0.05, 0.1) is 25.6 Å². The van der Waals surface area contributed by atoms with Gasteiger partial charge >= 0.3 is 0 Å². The lowest BCUT2D eigenvalue weighted by Crippen LogP contribution is -2.14. The first kappa shape index (κ1) is 19.5. The molecule has 2 aromatic heterocycles. The fraction of sp³-hybridized carbons (Fsp3) is 0.364. The summed E-state index contributed by atoms with van der Waals surface area (Å²) in [5, 5.41) is 3.77. The lowest BCUT2D eigenvalue weighted by atomic mass is 9.85. The minimum absolute atomic E-state index is 0.265. The fourth-order valence-corrected chi connectivity index (χ4v) is 4.86. The minimum atomic E-state index is -0.265. The Hall–Kier alpha value is -2.80. The van der Waals surface area contributed by atoms with Gasteiger partial charge in [0.25, 0.3) is 5.91 Å². The van der Waals surface area contributed by atoms with Crippen LogP contribution in [0.3, 0.4) is 0 Å². The van der Waals surface area contributed by atoms with Gasteiger partial charge in [0.1, 0.15) is 21.2 Å². The third-order valence-corrected chi connectivity index (χ3v) is 6.74. The van der Waals surface area contributed by atoms with Crippen molar-refractivity contribution in [2.45, 2.75) is 32.6 Å². The Labute approximate surface area is 174 Å². The van der Waals surface area contributed by atoms with Crippen LogP contribution in [-0.4, -0.2) is 25.1 Å². The number of benzene rings is 1. The van der Waals surface area contributed by atoms with E-state index in [9.17, 15) is 4.79 Å². The van der Waals surface area contributed by atoms with Crippen LogP contribution < -0.4 is 20.5 Å². The van der Waals surface area contributed by atoms with Crippen LogP contribution in [0.4, 0.5) is 11.4 Å². The molecule has 1 aromatic carbocycles. The van der Waals surface area contributed by atoms with Crippen LogP contribution in [0, 0.1) is 5.92 Å². The molecule has 1 atom stereocenters. The molecular formula is C22H25N3O3S. The van der Waals surface area contributed by atoms with Gasteiger partial charge < -0.3 is 20.5 Å². The summed E-state index contributed by atoms with van der Waals surface area (Å²) < 4.78 is 10.6. The number of fused-ring (bicyclic) bond motifs is 2. The maximum atomic E-state index is 13.0. The number of aryl methyl sites for hydroxylation is 1. The van der Waals surface area contributed by atoms with Crippen LogP contribution in [0.1, 0.15) is 40.7 Å². The van der Waals surface area contributed by atoms with Gasteiger partial charge in [-0.05, 0) is 48.9 Å². The van der Waals surface area contributed by atoms with Gasteiger partial charge in [0.15, 0.2) is 0 Å². The van der Waals surface area contributed by atoms with Crippen molar-refractivity contribution < 1.29 is 14.3 Å². The highest BCUT2D eigenvalue weighted by Gasteiger charge is 2.23. The molecular weight excluding hydrogens is 386 g/mol. The highest BCUT2D eigenvalue weighted by Crippen LogP contribution is 2.38. The molecule has 4 rings (SSSR count). The van der Waals surface area contributed by atoms with Crippen LogP contribution in [0.2, 0.25) is 0 Å². The average Bonchev–Trinajstić information content (AvgIpc) is 3.07. The molecule has 1 unspecified atom stereocenters. The summed E-state index contributed by atoms with van der Waals surface area (Å²) in [6, 6.07) is 7.38. The van der Waals surface area contributed by atoms with E-state index in [1.54, 1.807) is 32.4 Å². The topological polar surface area (TPSA) is 86.5 Å². The van der Waals surface area contributed by atoms with E-state index in [2.05, 4.69) is 18.3 Å². The highest BCUT2D eigenvalue weighted by molar-refractivity contribution is 7.21. The molecule has 6 nitrogen and oxygen atoms in total. The molecule has 0 aliphatic heterocycles. The number of hydrogen-bond donors (Lipinski definition) is 2.